The Bertz CT molecular complexity index is 906. The Labute approximate surface area is 148 Å². The molecule has 0 amide bonds. The summed E-state index contributed by atoms with van der Waals surface area (Å²) in [4.78, 5) is 11.3. The highest BCUT2D eigenvalue weighted by atomic mass is 35.5. The van der Waals surface area contributed by atoms with Gasteiger partial charge in [0.2, 0.25) is 0 Å². The molecule has 0 fully saturated rings. The number of carbonyl (C=O) groups is 1. The van der Waals surface area contributed by atoms with Gasteiger partial charge < -0.3 is 14.9 Å². The first-order valence-electron chi connectivity index (χ1n) is 7.42. The molecule has 0 atom stereocenters. The molecule has 2 N–H and O–H groups in total. The van der Waals surface area contributed by atoms with E-state index in [1.165, 1.54) is 13.2 Å². The molecule has 0 aliphatic carbocycles. The average Bonchev–Trinajstić information content (AvgIpc) is 3.13. The highest BCUT2D eigenvalue weighted by molar-refractivity contribution is 6.34. The van der Waals surface area contributed by atoms with Crippen LogP contribution in [0.5, 0.6) is 11.5 Å². The average molecular weight is 359 g/mol. The van der Waals surface area contributed by atoms with Gasteiger partial charge in [0.1, 0.15) is 16.3 Å². The van der Waals surface area contributed by atoms with E-state index in [1.54, 1.807) is 10.9 Å². The zero-order valence-electron chi connectivity index (χ0n) is 13.3. The first-order chi connectivity index (χ1) is 12.0. The van der Waals surface area contributed by atoms with Gasteiger partial charge in [0, 0.05) is 24.4 Å². The predicted molar refractivity (Wildman–Crippen MR) is 93.0 cm³/mol. The number of ether oxygens (including phenoxy) is 1. The van der Waals surface area contributed by atoms with Crippen molar-refractivity contribution >= 4 is 17.6 Å². The van der Waals surface area contributed by atoms with E-state index in [2.05, 4.69) is 5.10 Å². The van der Waals surface area contributed by atoms with Gasteiger partial charge in [-0.3, -0.25) is 0 Å². The molecule has 3 aromatic rings. The quantitative estimate of drug-likeness (QED) is 0.728. The molecule has 0 aliphatic rings. The summed E-state index contributed by atoms with van der Waals surface area (Å²) >= 11 is 6.06. The second kappa shape index (κ2) is 6.86. The van der Waals surface area contributed by atoms with Crippen molar-refractivity contribution in [1.29, 1.82) is 0 Å². The molecule has 0 bridgehead atoms. The lowest BCUT2D eigenvalue weighted by Gasteiger charge is -2.14. The standard InChI is InChI=1S/C18H15ClN2O4/c1-25-17-12(10-14(18(23)24)16(22)15(17)19)9-11-3-5-13(6-4-11)21-8-2-7-20-21/h2-8,10,22H,9H2,1H3,(H,23,24). The zero-order valence-corrected chi connectivity index (χ0v) is 14.1. The largest absolute Gasteiger partial charge is 0.505 e. The van der Waals surface area contributed by atoms with Crippen molar-refractivity contribution in [2.75, 3.05) is 7.11 Å². The van der Waals surface area contributed by atoms with Crippen LogP contribution >= 0.6 is 11.6 Å². The first-order valence-corrected chi connectivity index (χ1v) is 7.79. The molecule has 0 saturated carbocycles. The van der Waals surface area contributed by atoms with E-state index in [0.29, 0.717) is 12.0 Å². The molecular formula is C18H15ClN2O4. The van der Waals surface area contributed by atoms with Crippen LogP contribution in [0.1, 0.15) is 21.5 Å². The Balaban J connectivity index is 1.95. The maximum atomic E-state index is 11.3. The zero-order chi connectivity index (χ0) is 18.0. The Morgan fingerprint density at radius 3 is 2.60 bits per heavy atom. The Morgan fingerprint density at radius 2 is 2.04 bits per heavy atom. The summed E-state index contributed by atoms with van der Waals surface area (Å²) in [6.07, 6.45) is 3.95. The monoisotopic (exact) mass is 358 g/mol. The number of halogens is 1. The Morgan fingerprint density at radius 1 is 1.32 bits per heavy atom. The molecule has 0 spiro atoms. The molecule has 128 valence electrons. The third-order valence-electron chi connectivity index (χ3n) is 3.81. The molecule has 0 radical (unpaired) electrons. The van der Waals surface area contributed by atoms with Crippen molar-refractivity contribution in [3.05, 3.63) is 70.5 Å². The van der Waals surface area contributed by atoms with Crippen LogP contribution in [-0.4, -0.2) is 33.1 Å². The van der Waals surface area contributed by atoms with Gasteiger partial charge >= 0.3 is 5.97 Å². The lowest BCUT2D eigenvalue weighted by atomic mass is 10.0. The fraction of sp³-hybridized carbons (Fsp3) is 0.111. The molecule has 2 aromatic carbocycles. The molecule has 25 heavy (non-hydrogen) atoms. The number of carboxylic acid groups (broad SMARTS) is 1. The van der Waals surface area contributed by atoms with Crippen LogP contribution in [0.25, 0.3) is 5.69 Å². The molecule has 0 aliphatic heterocycles. The lowest BCUT2D eigenvalue weighted by Crippen LogP contribution is -2.03. The third-order valence-corrected chi connectivity index (χ3v) is 4.16. The summed E-state index contributed by atoms with van der Waals surface area (Å²) in [7, 11) is 1.42. The lowest BCUT2D eigenvalue weighted by molar-refractivity contribution is 0.0693. The van der Waals surface area contributed by atoms with Crippen LogP contribution in [0.15, 0.2) is 48.8 Å². The van der Waals surface area contributed by atoms with E-state index < -0.39 is 11.7 Å². The smallest absolute Gasteiger partial charge is 0.339 e. The number of rotatable bonds is 5. The van der Waals surface area contributed by atoms with E-state index in [1.807, 2.05) is 36.5 Å². The topological polar surface area (TPSA) is 84.6 Å². The van der Waals surface area contributed by atoms with Crippen molar-refractivity contribution in [2.45, 2.75) is 6.42 Å². The maximum absolute atomic E-state index is 11.3. The van der Waals surface area contributed by atoms with Gasteiger partial charge in [-0.1, -0.05) is 23.7 Å². The van der Waals surface area contributed by atoms with Crippen molar-refractivity contribution in [3.8, 4) is 17.2 Å². The van der Waals surface area contributed by atoms with Crippen molar-refractivity contribution in [3.63, 3.8) is 0 Å². The Kier molecular flexibility index (Phi) is 4.63. The minimum Gasteiger partial charge on any atom is -0.505 e. The fourth-order valence-corrected chi connectivity index (χ4v) is 2.90. The van der Waals surface area contributed by atoms with Gasteiger partial charge in [-0.25, -0.2) is 9.48 Å². The summed E-state index contributed by atoms with van der Waals surface area (Å²) in [5, 5.41) is 23.2. The van der Waals surface area contributed by atoms with Crippen LogP contribution in [0, 0.1) is 0 Å². The van der Waals surface area contributed by atoms with Gasteiger partial charge in [-0.05, 0) is 29.8 Å². The van der Waals surface area contributed by atoms with E-state index in [9.17, 15) is 15.0 Å². The number of nitrogens with zero attached hydrogens (tertiary/aromatic N) is 2. The van der Waals surface area contributed by atoms with Gasteiger partial charge in [0.05, 0.1) is 12.8 Å². The second-order valence-corrected chi connectivity index (χ2v) is 5.76. The van der Waals surface area contributed by atoms with Gasteiger partial charge in [0.25, 0.3) is 0 Å². The summed E-state index contributed by atoms with van der Waals surface area (Å²) in [6, 6.07) is 10.9. The number of hydrogen-bond acceptors (Lipinski definition) is 4. The van der Waals surface area contributed by atoms with Gasteiger partial charge in [-0.15, -0.1) is 0 Å². The molecular weight excluding hydrogens is 344 g/mol. The molecule has 7 heteroatoms. The number of aromatic carboxylic acids is 1. The minimum absolute atomic E-state index is 0.106. The molecule has 3 rings (SSSR count). The molecule has 0 saturated heterocycles. The van der Waals surface area contributed by atoms with E-state index in [0.717, 1.165) is 11.3 Å². The van der Waals surface area contributed by atoms with Crippen LogP contribution in [0.3, 0.4) is 0 Å². The number of aromatic hydroxyl groups is 1. The molecule has 6 nitrogen and oxygen atoms in total. The fourth-order valence-electron chi connectivity index (χ4n) is 2.60. The number of phenols is 1. The Hall–Kier alpha value is -2.99. The van der Waals surface area contributed by atoms with Crippen molar-refractivity contribution < 1.29 is 19.7 Å². The van der Waals surface area contributed by atoms with Gasteiger partial charge in [-0.2, -0.15) is 5.10 Å². The van der Waals surface area contributed by atoms with E-state index in [-0.39, 0.29) is 16.3 Å². The molecule has 1 aromatic heterocycles. The number of methoxy groups -OCH3 is 1. The number of hydrogen-bond donors (Lipinski definition) is 2. The number of benzene rings is 2. The van der Waals surface area contributed by atoms with Crippen molar-refractivity contribution in [1.82, 2.24) is 9.78 Å². The highest BCUT2D eigenvalue weighted by Crippen LogP contribution is 2.40. The first kappa shape index (κ1) is 16.9. The SMILES string of the molecule is COc1c(Cc2ccc(-n3cccn3)cc2)cc(C(=O)O)c(O)c1Cl. The summed E-state index contributed by atoms with van der Waals surface area (Å²) in [5.74, 6) is -1.48. The van der Waals surface area contributed by atoms with Gasteiger partial charge in [0.15, 0.2) is 5.75 Å². The van der Waals surface area contributed by atoms with Crippen molar-refractivity contribution in [2.24, 2.45) is 0 Å². The van der Waals surface area contributed by atoms with E-state index in [4.69, 9.17) is 16.3 Å². The number of carboxylic acids is 1. The van der Waals surface area contributed by atoms with Crippen LogP contribution in [0.4, 0.5) is 0 Å². The van der Waals surface area contributed by atoms with Crippen LogP contribution in [0.2, 0.25) is 5.02 Å². The van der Waals surface area contributed by atoms with Crippen LogP contribution in [-0.2, 0) is 6.42 Å². The molecule has 1 heterocycles. The highest BCUT2D eigenvalue weighted by Gasteiger charge is 2.21. The summed E-state index contributed by atoms with van der Waals surface area (Å²) < 4.78 is 6.99. The van der Waals surface area contributed by atoms with E-state index >= 15 is 0 Å². The third kappa shape index (κ3) is 3.29. The number of aromatic nitrogens is 2. The second-order valence-electron chi connectivity index (χ2n) is 5.38. The normalized spacial score (nSPS) is 10.6. The van der Waals surface area contributed by atoms with Crippen LogP contribution < -0.4 is 4.74 Å². The minimum atomic E-state index is -1.25. The summed E-state index contributed by atoms with van der Waals surface area (Å²) in [5.41, 5.74) is 2.17. The maximum Gasteiger partial charge on any atom is 0.339 e. The predicted octanol–water partition coefficient (Wildman–Crippen LogP) is 3.53. The molecule has 0 unspecified atom stereocenters. The summed E-state index contributed by atoms with van der Waals surface area (Å²) in [6.45, 7) is 0.